The molecule has 0 aromatic heterocycles. The van der Waals surface area contributed by atoms with E-state index in [4.69, 9.17) is 0 Å². The first-order chi connectivity index (χ1) is 10.9. The average Bonchev–Trinajstić information content (AvgIpc) is 2.47. The van der Waals surface area contributed by atoms with E-state index >= 15 is 0 Å². The number of hydrogen-bond acceptors (Lipinski definition) is 2. The number of likely N-dealkylation sites (tertiary alicyclic amines) is 1. The van der Waals surface area contributed by atoms with Crippen molar-refractivity contribution in [3.63, 3.8) is 0 Å². The van der Waals surface area contributed by atoms with Crippen molar-refractivity contribution in [1.29, 1.82) is 0 Å². The van der Waals surface area contributed by atoms with Gasteiger partial charge in [0.1, 0.15) is 5.82 Å². The Morgan fingerprint density at radius 1 is 1.30 bits per heavy atom. The molecule has 0 saturated carbocycles. The van der Waals surface area contributed by atoms with Gasteiger partial charge in [0.05, 0.1) is 7.05 Å². The molecular formula is C17H25FN3O2+. The van der Waals surface area contributed by atoms with Gasteiger partial charge < -0.3 is 15.1 Å². The average molecular weight is 322 g/mol. The summed E-state index contributed by atoms with van der Waals surface area (Å²) in [4.78, 5) is 26.9. The standard InChI is InChI=1S/C17H24FN3O2/c1-13-6-8-21(9-7-13)17(23)12-20(2)11-16(22)19-15-5-3-4-14(18)10-15/h3-5,10,13H,6-9,11-12H2,1-2H3,(H,19,22)/p+1. The summed E-state index contributed by atoms with van der Waals surface area (Å²) < 4.78 is 13.1. The molecule has 1 aliphatic heterocycles. The van der Waals surface area contributed by atoms with Crippen LogP contribution in [0.2, 0.25) is 0 Å². The molecule has 0 spiro atoms. The minimum Gasteiger partial charge on any atom is -0.338 e. The van der Waals surface area contributed by atoms with Crippen molar-refractivity contribution in [2.24, 2.45) is 5.92 Å². The maximum absolute atomic E-state index is 13.1. The first-order valence-corrected chi connectivity index (χ1v) is 8.08. The normalized spacial score (nSPS) is 16.9. The largest absolute Gasteiger partial charge is 0.338 e. The van der Waals surface area contributed by atoms with Crippen LogP contribution in [0.3, 0.4) is 0 Å². The lowest BCUT2D eigenvalue weighted by atomic mass is 9.99. The van der Waals surface area contributed by atoms with Crippen molar-refractivity contribution in [1.82, 2.24) is 4.90 Å². The van der Waals surface area contributed by atoms with Crippen LogP contribution in [0.4, 0.5) is 10.1 Å². The van der Waals surface area contributed by atoms with E-state index in [1.165, 1.54) is 12.1 Å². The Hall–Kier alpha value is -1.95. The third kappa shape index (κ3) is 5.63. The number of hydrogen-bond donors (Lipinski definition) is 2. The molecule has 1 atom stereocenters. The second kappa shape index (κ2) is 8.06. The summed E-state index contributed by atoms with van der Waals surface area (Å²) in [5.41, 5.74) is 0.430. The number of nitrogens with zero attached hydrogens (tertiary/aromatic N) is 1. The lowest BCUT2D eigenvalue weighted by Crippen LogP contribution is -3.11. The molecule has 1 fully saturated rings. The van der Waals surface area contributed by atoms with Crippen LogP contribution in [-0.2, 0) is 9.59 Å². The van der Waals surface area contributed by atoms with Gasteiger partial charge in [-0.1, -0.05) is 13.0 Å². The second-order valence-corrected chi connectivity index (χ2v) is 6.43. The molecule has 23 heavy (non-hydrogen) atoms. The highest BCUT2D eigenvalue weighted by Gasteiger charge is 2.23. The molecule has 1 heterocycles. The Labute approximate surface area is 136 Å². The molecule has 126 valence electrons. The number of piperidine rings is 1. The van der Waals surface area contributed by atoms with E-state index in [-0.39, 0.29) is 18.4 Å². The van der Waals surface area contributed by atoms with Gasteiger partial charge in [0.2, 0.25) is 0 Å². The van der Waals surface area contributed by atoms with E-state index in [9.17, 15) is 14.0 Å². The molecule has 6 heteroatoms. The zero-order chi connectivity index (χ0) is 16.8. The highest BCUT2D eigenvalue weighted by atomic mass is 19.1. The van der Waals surface area contributed by atoms with Crippen molar-refractivity contribution >= 4 is 17.5 Å². The Balaban J connectivity index is 1.76. The summed E-state index contributed by atoms with van der Waals surface area (Å²) in [6.07, 6.45) is 2.09. The Kier molecular flexibility index (Phi) is 6.10. The Morgan fingerprint density at radius 2 is 2.00 bits per heavy atom. The molecule has 1 saturated heterocycles. The summed E-state index contributed by atoms with van der Waals surface area (Å²) in [6.45, 7) is 4.29. The highest BCUT2D eigenvalue weighted by molar-refractivity contribution is 5.91. The maximum Gasteiger partial charge on any atom is 0.279 e. The number of anilines is 1. The molecule has 1 aromatic rings. The monoisotopic (exact) mass is 322 g/mol. The number of amides is 2. The third-order valence-corrected chi connectivity index (χ3v) is 4.16. The van der Waals surface area contributed by atoms with Crippen LogP contribution in [-0.4, -0.2) is 49.9 Å². The molecule has 1 aliphatic rings. The van der Waals surface area contributed by atoms with Crippen molar-refractivity contribution < 1.29 is 18.9 Å². The molecule has 5 nitrogen and oxygen atoms in total. The molecule has 0 radical (unpaired) electrons. The second-order valence-electron chi connectivity index (χ2n) is 6.43. The van der Waals surface area contributed by atoms with Gasteiger partial charge in [-0.3, -0.25) is 9.59 Å². The zero-order valence-corrected chi connectivity index (χ0v) is 13.8. The minimum atomic E-state index is -0.391. The fourth-order valence-electron chi connectivity index (χ4n) is 2.74. The maximum atomic E-state index is 13.1. The van der Waals surface area contributed by atoms with Crippen molar-refractivity contribution in [3.8, 4) is 0 Å². The van der Waals surface area contributed by atoms with Gasteiger partial charge in [-0.15, -0.1) is 0 Å². The van der Waals surface area contributed by atoms with Crippen molar-refractivity contribution in [2.45, 2.75) is 19.8 Å². The number of rotatable bonds is 5. The Bertz CT molecular complexity index is 557. The number of quaternary nitrogens is 1. The van der Waals surface area contributed by atoms with E-state index in [0.29, 0.717) is 18.2 Å². The summed E-state index contributed by atoms with van der Waals surface area (Å²) in [7, 11) is 1.82. The molecule has 1 unspecified atom stereocenters. The van der Waals surface area contributed by atoms with E-state index in [1.807, 2.05) is 11.9 Å². The first kappa shape index (κ1) is 17.4. The summed E-state index contributed by atoms with van der Waals surface area (Å²) in [6, 6.07) is 5.78. The van der Waals surface area contributed by atoms with E-state index in [0.717, 1.165) is 30.8 Å². The van der Waals surface area contributed by atoms with E-state index < -0.39 is 5.82 Å². The first-order valence-electron chi connectivity index (χ1n) is 8.08. The lowest BCUT2D eigenvalue weighted by molar-refractivity contribution is -0.862. The van der Waals surface area contributed by atoms with Crippen molar-refractivity contribution in [3.05, 3.63) is 30.1 Å². The fraction of sp³-hybridized carbons (Fsp3) is 0.529. The topological polar surface area (TPSA) is 53.9 Å². The third-order valence-electron chi connectivity index (χ3n) is 4.16. The van der Waals surface area contributed by atoms with Gasteiger partial charge in [0, 0.05) is 18.8 Å². The molecule has 2 amide bonds. The minimum absolute atomic E-state index is 0.0907. The molecule has 0 bridgehead atoms. The van der Waals surface area contributed by atoms with Gasteiger partial charge in [0.15, 0.2) is 13.1 Å². The van der Waals surface area contributed by atoms with Crippen LogP contribution in [0.25, 0.3) is 0 Å². The zero-order valence-electron chi connectivity index (χ0n) is 13.8. The molecule has 1 aromatic carbocycles. The number of carbonyl (C=O) groups is 2. The molecule has 2 rings (SSSR count). The summed E-state index contributed by atoms with van der Waals surface area (Å²) >= 11 is 0. The number of carbonyl (C=O) groups excluding carboxylic acids is 2. The summed E-state index contributed by atoms with van der Waals surface area (Å²) in [5.74, 6) is 0.153. The van der Waals surface area contributed by atoms with Crippen LogP contribution in [0, 0.1) is 11.7 Å². The van der Waals surface area contributed by atoms with Crippen LogP contribution >= 0.6 is 0 Å². The summed E-state index contributed by atoms with van der Waals surface area (Å²) in [5, 5.41) is 2.65. The lowest BCUT2D eigenvalue weighted by Gasteiger charge is -2.30. The molecule has 0 aliphatic carbocycles. The smallest absolute Gasteiger partial charge is 0.279 e. The van der Waals surface area contributed by atoms with Crippen LogP contribution in [0.5, 0.6) is 0 Å². The number of benzene rings is 1. The Morgan fingerprint density at radius 3 is 2.65 bits per heavy atom. The van der Waals surface area contributed by atoms with Gasteiger partial charge in [-0.25, -0.2) is 4.39 Å². The van der Waals surface area contributed by atoms with E-state index in [1.54, 1.807) is 12.1 Å². The van der Waals surface area contributed by atoms with E-state index in [2.05, 4.69) is 12.2 Å². The van der Waals surface area contributed by atoms with Crippen molar-refractivity contribution in [2.75, 3.05) is 38.5 Å². The van der Waals surface area contributed by atoms with Crippen LogP contribution < -0.4 is 10.2 Å². The van der Waals surface area contributed by atoms with Crippen LogP contribution in [0.1, 0.15) is 19.8 Å². The highest BCUT2D eigenvalue weighted by Crippen LogP contribution is 2.15. The predicted molar refractivity (Wildman–Crippen MR) is 86.6 cm³/mol. The predicted octanol–water partition coefficient (Wildman–Crippen LogP) is 0.537. The van der Waals surface area contributed by atoms with Gasteiger partial charge in [-0.05, 0) is 37.0 Å². The van der Waals surface area contributed by atoms with Crippen LogP contribution in [0.15, 0.2) is 24.3 Å². The fourth-order valence-corrected chi connectivity index (χ4v) is 2.74. The quantitative estimate of drug-likeness (QED) is 0.831. The van der Waals surface area contributed by atoms with Gasteiger partial charge >= 0.3 is 0 Å². The SMILES string of the molecule is CC1CCN(C(=O)C[NH+](C)CC(=O)Nc2cccc(F)c2)CC1. The number of halogens is 1. The number of likely N-dealkylation sites (N-methyl/N-ethyl adjacent to an activating group) is 1. The number of nitrogens with one attached hydrogen (secondary N) is 2. The molecular weight excluding hydrogens is 297 g/mol. The molecule has 2 N–H and O–H groups in total. The van der Waals surface area contributed by atoms with Gasteiger partial charge in [0.25, 0.3) is 11.8 Å². The van der Waals surface area contributed by atoms with Gasteiger partial charge in [-0.2, -0.15) is 0 Å².